The molecule has 1 amide bonds. The number of hydrogen-bond acceptors (Lipinski definition) is 6. The monoisotopic (exact) mass is 476 g/mol. The van der Waals surface area contributed by atoms with E-state index in [9.17, 15) is 20.0 Å². The minimum absolute atomic E-state index is 0.0400. The van der Waals surface area contributed by atoms with Gasteiger partial charge in [0.25, 0.3) is 11.6 Å². The van der Waals surface area contributed by atoms with Gasteiger partial charge in [0.05, 0.1) is 16.7 Å². The van der Waals surface area contributed by atoms with Crippen LogP contribution in [0, 0.1) is 38.7 Å². The number of aliphatic hydroxyl groups is 1. The summed E-state index contributed by atoms with van der Waals surface area (Å²) in [5.74, 6) is 1.42. The van der Waals surface area contributed by atoms with Crippen LogP contribution in [-0.2, 0) is 4.79 Å². The summed E-state index contributed by atoms with van der Waals surface area (Å²) in [6, 6.07) is 4.32. The molecule has 0 unspecified atom stereocenters. The summed E-state index contributed by atoms with van der Waals surface area (Å²) < 4.78 is 0. The Bertz CT molecular complexity index is 1220. The molecule has 0 bridgehead atoms. The van der Waals surface area contributed by atoms with Crippen molar-refractivity contribution in [3.63, 3.8) is 0 Å². The molecule has 6 rings (SSSR count). The average molecular weight is 477 g/mol. The standard InChI is InChI=1S/C27H32N4O4/c1-26-11-9-17(32)13-15(26)3-5-18-20-6-8-23(27(20,2)12-10-21(18)26)29-30-24-19-14-16(31(34)35)4-7-22(19)28-25(24)33/h3-4,7,14,17-18,20-21,32H,5-6,8-13H2,1-2H3,(H,28,30,33)/b29-23+/t17-,18-,20-,21-,26-,27-/m0/s1. The Morgan fingerprint density at radius 2 is 1.89 bits per heavy atom. The summed E-state index contributed by atoms with van der Waals surface area (Å²) in [4.78, 5) is 23.3. The zero-order valence-corrected chi connectivity index (χ0v) is 20.3. The molecule has 0 radical (unpaired) electrons. The molecular formula is C27H32N4O4. The summed E-state index contributed by atoms with van der Waals surface area (Å²) in [7, 11) is 0. The smallest absolute Gasteiger partial charge is 0.276 e. The highest BCUT2D eigenvalue weighted by molar-refractivity contribution is 6.53. The van der Waals surface area contributed by atoms with E-state index in [1.54, 1.807) is 6.07 Å². The minimum Gasteiger partial charge on any atom is -0.393 e. The van der Waals surface area contributed by atoms with E-state index in [2.05, 4.69) is 35.4 Å². The van der Waals surface area contributed by atoms with Crippen LogP contribution in [0.15, 0.2) is 40.1 Å². The van der Waals surface area contributed by atoms with Crippen molar-refractivity contribution in [3.8, 4) is 0 Å². The van der Waals surface area contributed by atoms with Gasteiger partial charge in [-0.1, -0.05) is 25.5 Å². The molecule has 2 N–H and O–H groups in total. The lowest BCUT2D eigenvalue weighted by Crippen LogP contribution is -2.50. The van der Waals surface area contributed by atoms with E-state index in [0.717, 1.165) is 57.1 Å². The van der Waals surface area contributed by atoms with Crippen molar-refractivity contribution < 1.29 is 14.8 Å². The minimum atomic E-state index is -0.467. The van der Waals surface area contributed by atoms with E-state index in [1.165, 1.54) is 17.7 Å². The molecule has 35 heavy (non-hydrogen) atoms. The number of nitrogens with zero attached hydrogens (tertiary/aromatic N) is 3. The Labute approximate surface area is 204 Å². The number of nitro groups is 1. The van der Waals surface area contributed by atoms with Crippen molar-refractivity contribution in [1.29, 1.82) is 0 Å². The fraction of sp³-hybridized carbons (Fsp3) is 0.593. The fourth-order valence-electron chi connectivity index (χ4n) is 8.06. The number of non-ortho nitro benzene ring substituents is 1. The summed E-state index contributed by atoms with van der Waals surface area (Å²) in [6.07, 6.45) is 10.3. The Morgan fingerprint density at radius 1 is 1.11 bits per heavy atom. The summed E-state index contributed by atoms with van der Waals surface area (Å²) >= 11 is 0. The first-order valence-electron chi connectivity index (χ1n) is 12.8. The van der Waals surface area contributed by atoms with Gasteiger partial charge in [-0.25, -0.2) is 0 Å². The number of allylic oxidation sites excluding steroid dienone is 1. The van der Waals surface area contributed by atoms with Crippen LogP contribution >= 0.6 is 0 Å². The van der Waals surface area contributed by atoms with Gasteiger partial charge in [0, 0.05) is 28.8 Å². The largest absolute Gasteiger partial charge is 0.393 e. The Balaban J connectivity index is 1.30. The fourth-order valence-corrected chi connectivity index (χ4v) is 8.06. The van der Waals surface area contributed by atoms with E-state index in [0.29, 0.717) is 29.0 Å². The molecule has 1 aromatic carbocycles. The Morgan fingerprint density at radius 3 is 2.69 bits per heavy atom. The number of hydrogen-bond donors (Lipinski definition) is 2. The third-order valence-corrected chi connectivity index (χ3v) is 10.0. The normalized spacial score (nSPS) is 40.0. The van der Waals surface area contributed by atoms with Gasteiger partial charge >= 0.3 is 0 Å². The maximum absolute atomic E-state index is 12.6. The van der Waals surface area contributed by atoms with Crippen molar-refractivity contribution in [2.75, 3.05) is 5.32 Å². The number of anilines is 1. The second kappa shape index (κ2) is 7.82. The number of amides is 1. The second-order valence-electron chi connectivity index (χ2n) is 11.6. The molecule has 1 aromatic rings. The SMILES string of the molecule is C[C@]12CC[C@H](O)CC1=CC[C@@H]1[C@@H]2CC[C@]2(C)/C(=N/N=C3\C(=O)Nc4ccc([N+](=O)[O-])cc43)CC[C@@H]12. The predicted molar refractivity (Wildman–Crippen MR) is 133 cm³/mol. The van der Waals surface area contributed by atoms with Crippen LogP contribution in [0.4, 0.5) is 11.4 Å². The van der Waals surface area contributed by atoms with Crippen LogP contribution in [0.1, 0.15) is 70.8 Å². The molecule has 5 aliphatic rings. The molecule has 8 nitrogen and oxygen atoms in total. The van der Waals surface area contributed by atoms with Crippen molar-refractivity contribution in [3.05, 3.63) is 45.5 Å². The van der Waals surface area contributed by atoms with Crippen LogP contribution in [0.5, 0.6) is 0 Å². The van der Waals surface area contributed by atoms with Crippen LogP contribution < -0.4 is 5.32 Å². The number of aliphatic hydroxyl groups excluding tert-OH is 1. The van der Waals surface area contributed by atoms with Crippen molar-refractivity contribution in [1.82, 2.24) is 0 Å². The number of benzene rings is 1. The molecule has 1 heterocycles. The van der Waals surface area contributed by atoms with Gasteiger partial charge in [-0.3, -0.25) is 14.9 Å². The number of carbonyl (C=O) groups is 1. The zero-order valence-electron chi connectivity index (χ0n) is 20.3. The first-order chi connectivity index (χ1) is 16.7. The number of nitro benzene ring substituents is 1. The summed E-state index contributed by atoms with van der Waals surface area (Å²) in [5.41, 5.74) is 3.74. The molecule has 0 spiro atoms. The highest BCUT2D eigenvalue weighted by atomic mass is 16.6. The van der Waals surface area contributed by atoms with Gasteiger partial charge in [0.1, 0.15) is 0 Å². The molecule has 4 aliphatic carbocycles. The first-order valence-corrected chi connectivity index (χ1v) is 12.8. The topological polar surface area (TPSA) is 117 Å². The van der Waals surface area contributed by atoms with Gasteiger partial charge < -0.3 is 10.4 Å². The van der Waals surface area contributed by atoms with Crippen LogP contribution in [0.3, 0.4) is 0 Å². The van der Waals surface area contributed by atoms with E-state index >= 15 is 0 Å². The lowest BCUT2D eigenvalue weighted by Gasteiger charge is -2.57. The number of nitrogens with one attached hydrogen (secondary N) is 1. The number of fused-ring (bicyclic) bond motifs is 6. The summed E-state index contributed by atoms with van der Waals surface area (Å²) in [5, 5.41) is 33.2. The predicted octanol–water partition coefficient (Wildman–Crippen LogP) is 5.02. The third-order valence-electron chi connectivity index (χ3n) is 10.0. The highest BCUT2D eigenvalue weighted by Crippen LogP contribution is 2.64. The quantitative estimate of drug-likeness (QED) is 0.354. The lowest BCUT2D eigenvalue weighted by molar-refractivity contribution is -0.384. The van der Waals surface area contributed by atoms with Crippen molar-refractivity contribution in [2.45, 2.75) is 71.3 Å². The van der Waals surface area contributed by atoms with E-state index in [4.69, 9.17) is 0 Å². The van der Waals surface area contributed by atoms with Crippen LogP contribution in [0.25, 0.3) is 0 Å². The van der Waals surface area contributed by atoms with E-state index in [1.807, 2.05) is 0 Å². The molecule has 6 atom stereocenters. The van der Waals surface area contributed by atoms with Gasteiger partial charge in [0.2, 0.25) is 0 Å². The molecule has 0 saturated heterocycles. The highest BCUT2D eigenvalue weighted by Gasteiger charge is 2.57. The maximum atomic E-state index is 12.6. The molecule has 1 aliphatic heterocycles. The molecule has 3 fully saturated rings. The van der Waals surface area contributed by atoms with Crippen molar-refractivity contribution >= 4 is 28.7 Å². The number of carbonyl (C=O) groups excluding carboxylic acids is 1. The molecule has 8 heteroatoms. The molecule has 3 saturated carbocycles. The van der Waals surface area contributed by atoms with Gasteiger partial charge in [-0.15, -0.1) is 5.10 Å². The zero-order chi connectivity index (χ0) is 24.5. The number of rotatable bonds is 2. The molecule has 184 valence electrons. The van der Waals surface area contributed by atoms with Gasteiger partial charge in [-0.05, 0) is 80.6 Å². The average Bonchev–Trinajstić information content (AvgIpc) is 3.33. The first kappa shape index (κ1) is 22.6. The van der Waals surface area contributed by atoms with E-state index in [-0.39, 0.29) is 34.2 Å². The van der Waals surface area contributed by atoms with Gasteiger partial charge in [0.15, 0.2) is 5.71 Å². The Hall–Kier alpha value is -2.87. The van der Waals surface area contributed by atoms with Crippen LogP contribution in [0.2, 0.25) is 0 Å². The van der Waals surface area contributed by atoms with E-state index < -0.39 is 4.92 Å². The Kier molecular flexibility index (Phi) is 5.04. The lowest BCUT2D eigenvalue weighted by atomic mass is 9.48. The molecule has 0 aromatic heterocycles. The second-order valence-corrected chi connectivity index (χ2v) is 11.6. The van der Waals surface area contributed by atoms with Crippen molar-refractivity contribution in [2.24, 2.45) is 38.8 Å². The summed E-state index contributed by atoms with van der Waals surface area (Å²) in [6.45, 7) is 4.75. The molecular weight excluding hydrogens is 444 g/mol. The van der Waals surface area contributed by atoms with Gasteiger partial charge in [-0.2, -0.15) is 5.10 Å². The van der Waals surface area contributed by atoms with Crippen LogP contribution in [-0.4, -0.2) is 33.5 Å². The third kappa shape index (κ3) is 3.33. The maximum Gasteiger partial charge on any atom is 0.276 e.